The van der Waals surface area contributed by atoms with Gasteiger partial charge in [0.05, 0.1) is 12.9 Å². The van der Waals surface area contributed by atoms with Crippen LogP contribution < -0.4 is 59.3 Å². The fourth-order valence-electron chi connectivity index (χ4n) is 10.4. The molecule has 2 aromatic carbocycles. The summed E-state index contributed by atoms with van der Waals surface area (Å²) < 4.78 is 0. The molecule has 86 heavy (non-hydrogen) atoms. The summed E-state index contributed by atoms with van der Waals surface area (Å²) in [5.74, 6) is -7.60. The Labute approximate surface area is 497 Å². The molecule has 9 atom stereocenters. The number of hydrogen-bond donors (Lipinski definition) is 15. The van der Waals surface area contributed by atoms with Gasteiger partial charge in [-0.1, -0.05) is 58.0 Å². The maximum atomic E-state index is 14.7. The van der Waals surface area contributed by atoms with E-state index < -0.39 is 108 Å². The second-order valence-corrected chi connectivity index (χ2v) is 22.5. The Morgan fingerprint density at radius 3 is 1.84 bits per heavy atom. The molecule has 2 aliphatic rings. The van der Waals surface area contributed by atoms with Crippen molar-refractivity contribution in [1.82, 2.24) is 67.7 Å². The van der Waals surface area contributed by atoms with E-state index in [-0.39, 0.29) is 106 Å². The number of hydrogen-bond acceptors (Lipinski definition) is 14. The van der Waals surface area contributed by atoms with Gasteiger partial charge in [-0.15, -0.1) is 0 Å². The molecule has 0 spiro atoms. The highest BCUT2D eigenvalue weighted by atomic mass is 16.3. The number of likely N-dealkylation sites (N-methyl/N-ethyl adjacent to an activating group) is 1. The first-order valence-electron chi connectivity index (χ1n) is 28.9. The number of H-pyrrole nitrogens is 2. The number of phenolic OH excluding ortho intramolecular Hbond substituents is 1. The summed E-state index contributed by atoms with van der Waals surface area (Å²) in [6.07, 6.45) is 5.79. The fourth-order valence-corrected chi connectivity index (χ4v) is 10.4. The van der Waals surface area contributed by atoms with Crippen molar-refractivity contribution in [2.24, 2.45) is 28.3 Å². The molecule has 466 valence electrons. The number of nitrogens with one attached hydrogen (secondary N) is 11. The molecule has 10 amide bonds. The van der Waals surface area contributed by atoms with Crippen LogP contribution in [0.4, 0.5) is 0 Å². The average molecular weight is 1200 g/mol. The van der Waals surface area contributed by atoms with E-state index in [9.17, 15) is 58.2 Å². The molecular formula is C58H82N16O12. The number of guanidine groups is 1. The van der Waals surface area contributed by atoms with Crippen LogP contribution in [0.1, 0.15) is 95.9 Å². The maximum absolute atomic E-state index is 14.7. The molecule has 2 aromatic heterocycles. The van der Waals surface area contributed by atoms with Crippen molar-refractivity contribution >= 4 is 75.9 Å². The van der Waals surface area contributed by atoms with Crippen LogP contribution in [0.3, 0.4) is 0 Å². The molecule has 28 nitrogen and oxygen atoms in total. The second-order valence-electron chi connectivity index (χ2n) is 22.5. The van der Waals surface area contributed by atoms with Gasteiger partial charge in [0.15, 0.2) is 5.96 Å². The summed E-state index contributed by atoms with van der Waals surface area (Å²) in [7, 11) is 1.47. The van der Waals surface area contributed by atoms with Crippen LogP contribution in [0.25, 0.3) is 10.9 Å². The van der Waals surface area contributed by atoms with Crippen LogP contribution in [0.15, 0.2) is 72.2 Å². The lowest BCUT2D eigenvalue weighted by molar-refractivity contribution is -0.142. The summed E-state index contributed by atoms with van der Waals surface area (Å²) in [4.78, 5) is 155. The molecule has 0 saturated carbocycles. The molecular weight excluding hydrogens is 1110 g/mol. The summed E-state index contributed by atoms with van der Waals surface area (Å²) in [5.41, 5.74) is 13.3. The van der Waals surface area contributed by atoms with E-state index in [1.807, 2.05) is 19.9 Å². The topological polar surface area (TPSA) is 432 Å². The Bertz CT molecular complexity index is 3040. The molecule has 0 aliphatic carbocycles. The van der Waals surface area contributed by atoms with E-state index in [0.717, 1.165) is 5.52 Å². The molecule has 17 N–H and O–H groups in total. The first-order chi connectivity index (χ1) is 41.0. The predicted molar refractivity (Wildman–Crippen MR) is 315 cm³/mol. The van der Waals surface area contributed by atoms with Gasteiger partial charge in [-0.2, -0.15) is 0 Å². The van der Waals surface area contributed by atoms with Gasteiger partial charge < -0.3 is 84.4 Å². The number of amides is 10. The molecule has 6 rings (SSSR count). The molecule has 2 fully saturated rings. The number of benzene rings is 2. The minimum Gasteiger partial charge on any atom is -0.508 e. The molecule has 4 heterocycles. The number of aliphatic hydroxyl groups is 1. The number of carbonyl (C=O) groups is 10. The van der Waals surface area contributed by atoms with E-state index in [4.69, 9.17) is 11.5 Å². The summed E-state index contributed by atoms with van der Waals surface area (Å²) >= 11 is 0. The van der Waals surface area contributed by atoms with Crippen LogP contribution in [0.2, 0.25) is 0 Å². The van der Waals surface area contributed by atoms with Gasteiger partial charge in [-0.25, -0.2) is 4.98 Å². The predicted octanol–water partition coefficient (Wildman–Crippen LogP) is -1.83. The second kappa shape index (κ2) is 31.7. The number of para-hydroxylation sites is 1. The Morgan fingerprint density at radius 1 is 0.698 bits per heavy atom. The van der Waals surface area contributed by atoms with Crippen LogP contribution >= 0.6 is 0 Å². The number of aliphatic imine (C=N–C) groups is 1. The van der Waals surface area contributed by atoms with Gasteiger partial charge in [0, 0.05) is 74.8 Å². The molecule has 2 aliphatic heterocycles. The number of phenols is 1. The highest BCUT2D eigenvalue weighted by molar-refractivity contribution is 5.99. The van der Waals surface area contributed by atoms with Gasteiger partial charge in [-0.3, -0.25) is 52.9 Å². The molecule has 0 bridgehead atoms. The number of nitrogens with zero attached hydrogens (tertiary/aromatic N) is 3. The van der Waals surface area contributed by atoms with Crippen molar-refractivity contribution in [2.75, 3.05) is 26.7 Å². The number of fused-ring (bicyclic) bond motifs is 1. The maximum Gasteiger partial charge on any atom is 0.245 e. The van der Waals surface area contributed by atoms with Crippen molar-refractivity contribution in [3.8, 4) is 5.75 Å². The van der Waals surface area contributed by atoms with Crippen molar-refractivity contribution in [2.45, 2.75) is 153 Å². The number of imidazole rings is 1. The first kappa shape index (κ1) is 66.1. The highest BCUT2D eigenvalue weighted by Crippen LogP contribution is 2.22. The molecule has 28 heteroatoms. The van der Waals surface area contributed by atoms with E-state index in [1.54, 1.807) is 38.2 Å². The van der Waals surface area contributed by atoms with E-state index >= 15 is 0 Å². The van der Waals surface area contributed by atoms with E-state index in [0.29, 0.717) is 35.0 Å². The summed E-state index contributed by atoms with van der Waals surface area (Å²) in [5, 5.41) is 45.6. The normalized spacial score (nSPS) is 17.2. The van der Waals surface area contributed by atoms with Crippen LogP contribution in [0.5, 0.6) is 5.75 Å². The Kier molecular flexibility index (Phi) is 24.4. The quantitative estimate of drug-likeness (QED) is 0.0150. The van der Waals surface area contributed by atoms with E-state index in [1.165, 1.54) is 48.7 Å². The largest absolute Gasteiger partial charge is 0.508 e. The molecule has 9 unspecified atom stereocenters. The summed E-state index contributed by atoms with van der Waals surface area (Å²) in [6.45, 7) is 6.69. The van der Waals surface area contributed by atoms with Crippen LogP contribution in [-0.4, -0.2) is 176 Å². The lowest BCUT2D eigenvalue weighted by Gasteiger charge is -2.30. The number of nitrogens with two attached hydrogens (primary N) is 2. The average Bonchev–Trinajstić information content (AvgIpc) is 2.61. The third-order valence-electron chi connectivity index (χ3n) is 14.8. The van der Waals surface area contributed by atoms with Gasteiger partial charge in [0.1, 0.15) is 60.1 Å². The number of likely N-dealkylation sites (tertiary alicyclic amines) is 1. The minimum absolute atomic E-state index is 0.0393. The van der Waals surface area contributed by atoms with Crippen molar-refractivity contribution < 1.29 is 58.2 Å². The van der Waals surface area contributed by atoms with Gasteiger partial charge in [0.2, 0.25) is 59.1 Å². The molecule has 2 saturated heterocycles. The van der Waals surface area contributed by atoms with Gasteiger partial charge in [0.25, 0.3) is 0 Å². The number of aromatic nitrogens is 3. The highest BCUT2D eigenvalue weighted by Gasteiger charge is 2.40. The van der Waals surface area contributed by atoms with Crippen molar-refractivity contribution in [3.63, 3.8) is 0 Å². The Hall–Kier alpha value is -9.08. The monoisotopic (exact) mass is 1190 g/mol. The first-order valence-corrected chi connectivity index (χ1v) is 28.9. The zero-order valence-corrected chi connectivity index (χ0v) is 49.1. The number of aromatic amines is 2. The van der Waals surface area contributed by atoms with Gasteiger partial charge in [-0.05, 0) is 86.1 Å². The lowest BCUT2D eigenvalue weighted by atomic mass is 9.98. The van der Waals surface area contributed by atoms with Crippen LogP contribution in [-0.2, 0) is 67.2 Å². The minimum atomic E-state index is -1.75. The van der Waals surface area contributed by atoms with Crippen molar-refractivity contribution in [1.29, 1.82) is 0 Å². The number of aliphatic hydroxyl groups excluding tert-OH is 1. The third kappa shape index (κ3) is 19.2. The molecule has 4 aromatic rings. The summed E-state index contributed by atoms with van der Waals surface area (Å²) in [6, 6.07) is 1.57. The van der Waals surface area contributed by atoms with E-state index in [2.05, 4.69) is 67.8 Å². The standard InChI is InChI=1S/C58H82N16O12/c1-31(2)22-41(50(79)67-40(12-8-20-63-58(59)60)57(86)74-21-9-13-47(74)56(85)61-5)68-51(80)42(23-32(3)4)69-52(81)43(24-33-14-16-36(76)17-15-33)70-55(84)46(29-75)73-53(82)44(25-34-27-64-38-11-7-6-10-37(34)38)71-54(83)45(26-35-28-62-30-65-35)72-49(78)39-18-19-48(77)66-39/h6-7,10-11,14-17,27-28,30-32,39-47,64,75-76H,8-9,12-13,18-26,29H2,1-5H3,(H,61,85)(H,62,65)(H,66,77)(H,67,79)(H,68,80)(H,69,81)(H,70,84)(H,71,83)(H,72,78)(H,73,82)(H4,59,60,63). The number of rotatable bonds is 31. The number of carbonyl (C=O) groups excluding carboxylic acids is 10. The van der Waals surface area contributed by atoms with Crippen molar-refractivity contribution in [3.05, 3.63) is 84.1 Å². The zero-order valence-electron chi connectivity index (χ0n) is 49.1. The SMILES string of the molecule is CNC(=O)C1CCCN1C(=O)C(CCCN=C(N)N)NC(=O)C(CC(C)C)NC(=O)C(CC(C)C)NC(=O)C(Cc1ccc(O)cc1)NC(=O)C(CO)NC(=O)C(Cc1c[nH]c2ccccc12)NC(=O)C(Cc1cnc[nH]1)NC(=O)C1CCC(=O)N1. The Morgan fingerprint density at radius 2 is 1.27 bits per heavy atom. The zero-order chi connectivity index (χ0) is 62.6. The van der Waals surface area contributed by atoms with Crippen LogP contribution in [0, 0.1) is 11.8 Å². The third-order valence-corrected chi connectivity index (χ3v) is 14.8. The fraction of sp³-hybridized carbons (Fsp3) is 0.517. The Balaban J connectivity index is 1.22. The molecule has 0 radical (unpaired) electrons. The lowest BCUT2D eigenvalue weighted by Crippen LogP contribution is -2.61. The van der Waals surface area contributed by atoms with Gasteiger partial charge >= 0.3 is 0 Å². The smallest absolute Gasteiger partial charge is 0.245 e. The number of aromatic hydroxyl groups is 1.